The Hall–Kier alpha value is -3.00. The third kappa shape index (κ3) is 2.80. The van der Waals surface area contributed by atoms with E-state index in [4.69, 9.17) is 10.2 Å². The van der Waals surface area contributed by atoms with E-state index in [0.717, 1.165) is 37.2 Å². The van der Waals surface area contributed by atoms with E-state index < -0.39 is 0 Å². The molecule has 1 aromatic carbocycles. The molecule has 0 spiro atoms. The first-order chi connectivity index (χ1) is 12.2. The lowest BCUT2D eigenvalue weighted by molar-refractivity contribution is 0.484. The van der Waals surface area contributed by atoms with Gasteiger partial charge >= 0.3 is 0 Å². The third-order valence-electron chi connectivity index (χ3n) is 4.93. The van der Waals surface area contributed by atoms with E-state index in [1.165, 1.54) is 0 Å². The van der Waals surface area contributed by atoms with Crippen LogP contribution in [-0.4, -0.2) is 14.5 Å². The lowest BCUT2D eigenvalue weighted by Gasteiger charge is -2.11. The van der Waals surface area contributed by atoms with Gasteiger partial charge in [-0.3, -0.25) is 14.3 Å². The highest BCUT2D eigenvalue weighted by molar-refractivity contribution is 5.83. The number of pyridine rings is 1. The summed E-state index contributed by atoms with van der Waals surface area (Å²) in [5.74, 6) is 1.48. The van der Waals surface area contributed by atoms with Crippen molar-refractivity contribution in [3.05, 3.63) is 58.3 Å². The molecule has 3 heterocycles. The van der Waals surface area contributed by atoms with Crippen molar-refractivity contribution in [2.24, 2.45) is 5.92 Å². The van der Waals surface area contributed by atoms with Crippen LogP contribution in [0, 0.1) is 17.2 Å². The molecule has 0 saturated heterocycles. The molecule has 0 bridgehead atoms. The standard InChI is InChI=1S/C20H18N4O/c1-13-2-5-19-23-18-11-15(17-10-14(12-21)6-8-22-17)3-4-16(18)20(25)24(19)9-7-13/h3-4,6,8,10-11,13H,2,5,7,9H2,1H3. The van der Waals surface area contributed by atoms with Crippen molar-refractivity contribution in [3.8, 4) is 17.3 Å². The van der Waals surface area contributed by atoms with E-state index in [-0.39, 0.29) is 5.56 Å². The SMILES string of the molecule is CC1CCc2nc3cc(-c4cc(C#N)ccn4)ccc3c(=O)n2CC1. The molecule has 2 aromatic heterocycles. The molecule has 0 saturated carbocycles. The minimum absolute atomic E-state index is 0.0411. The lowest BCUT2D eigenvalue weighted by Crippen LogP contribution is -2.24. The predicted octanol–water partition coefficient (Wildman–Crippen LogP) is 3.30. The van der Waals surface area contributed by atoms with Gasteiger partial charge in [-0.05, 0) is 43.0 Å². The first-order valence-corrected chi connectivity index (χ1v) is 8.55. The molecule has 0 radical (unpaired) electrons. The van der Waals surface area contributed by atoms with Crippen LogP contribution in [0.25, 0.3) is 22.2 Å². The Labute approximate surface area is 145 Å². The van der Waals surface area contributed by atoms with E-state index in [2.05, 4.69) is 18.0 Å². The van der Waals surface area contributed by atoms with Gasteiger partial charge in [0.05, 0.1) is 28.2 Å². The van der Waals surface area contributed by atoms with Crippen molar-refractivity contribution in [3.63, 3.8) is 0 Å². The van der Waals surface area contributed by atoms with Gasteiger partial charge in [0.2, 0.25) is 0 Å². The number of nitrogens with zero attached hydrogens (tertiary/aromatic N) is 4. The van der Waals surface area contributed by atoms with Crippen LogP contribution in [0.1, 0.15) is 31.2 Å². The fourth-order valence-electron chi connectivity index (χ4n) is 3.38. The van der Waals surface area contributed by atoms with Crippen LogP contribution >= 0.6 is 0 Å². The van der Waals surface area contributed by atoms with Gasteiger partial charge in [-0.25, -0.2) is 4.98 Å². The van der Waals surface area contributed by atoms with Crippen LogP contribution in [0.2, 0.25) is 0 Å². The number of aryl methyl sites for hydroxylation is 1. The molecule has 0 fully saturated rings. The molecule has 1 atom stereocenters. The Morgan fingerprint density at radius 1 is 1.24 bits per heavy atom. The lowest BCUT2D eigenvalue weighted by atomic mass is 10.0. The molecule has 1 unspecified atom stereocenters. The molecule has 1 aliphatic heterocycles. The van der Waals surface area contributed by atoms with Gasteiger partial charge in [0.1, 0.15) is 5.82 Å². The summed E-state index contributed by atoms with van der Waals surface area (Å²) in [6.45, 7) is 2.97. The van der Waals surface area contributed by atoms with Crippen molar-refractivity contribution >= 4 is 10.9 Å². The maximum atomic E-state index is 12.8. The molecule has 0 amide bonds. The van der Waals surface area contributed by atoms with Crippen molar-refractivity contribution in [2.45, 2.75) is 32.7 Å². The van der Waals surface area contributed by atoms with Gasteiger partial charge < -0.3 is 0 Å². The second-order valence-electron chi connectivity index (χ2n) is 6.69. The number of nitriles is 1. The highest BCUT2D eigenvalue weighted by Crippen LogP contribution is 2.23. The van der Waals surface area contributed by atoms with Gasteiger partial charge in [0.15, 0.2) is 0 Å². The summed E-state index contributed by atoms with van der Waals surface area (Å²) in [6, 6.07) is 11.1. The smallest absolute Gasteiger partial charge is 0.261 e. The van der Waals surface area contributed by atoms with Crippen molar-refractivity contribution in [1.82, 2.24) is 14.5 Å². The van der Waals surface area contributed by atoms with Gasteiger partial charge in [0.25, 0.3) is 5.56 Å². The average molecular weight is 330 g/mol. The highest BCUT2D eigenvalue weighted by atomic mass is 16.1. The number of hydrogen-bond donors (Lipinski definition) is 0. The molecule has 124 valence electrons. The van der Waals surface area contributed by atoms with Crippen LogP contribution in [0.5, 0.6) is 0 Å². The summed E-state index contributed by atoms with van der Waals surface area (Å²) < 4.78 is 1.83. The van der Waals surface area contributed by atoms with E-state index >= 15 is 0 Å². The van der Waals surface area contributed by atoms with E-state index in [9.17, 15) is 4.79 Å². The fraction of sp³-hybridized carbons (Fsp3) is 0.300. The summed E-state index contributed by atoms with van der Waals surface area (Å²) in [5.41, 5.74) is 2.88. The van der Waals surface area contributed by atoms with Crippen LogP contribution in [-0.2, 0) is 13.0 Å². The third-order valence-corrected chi connectivity index (χ3v) is 4.93. The average Bonchev–Trinajstić information content (AvgIpc) is 2.83. The van der Waals surface area contributed by atoms with E-state index in [1.54, 1.807) is 18.3 Å². The largest absolute Gasteiger partial charge is 0.296 e. The molecule has 3 aromatic rings. The second-order valence-corrected chi connectivity index (χ2v) is 6.69. The number of rotatable bonds is 1. The van der Waals surface area contributed by atoms with Crippen LogP contribution < -0.4 is 5.56 Å². The maximum Gasteiger partial charge on any atom is 0.261 e. The van der Waals surface area contributed by atoms with Gasteiger partial charge in [-0.2, -0.15) is 5.26 Å². The molecule has 4 rings (SSSR count). The molecule has 0 N–H and O–H groups in total. The summed E-state index contributed by atoms with van der Waals surface area (Å²) in [7, 11) is 0. The Bertz CT molecular complexity index is 1060. The summed E-state index contributed by atoms with van der Waals surface area (Å²) in [6.07, 6.45) is 4.53. The van der Waals surface area contributed by atoms with E-state index in [0.29, 0.717) is 28.1 Å². The zero-order valence-electron chi connectivity index (χ0n) is 14.1. The quantitative estimate of drug-likeness (QED) is 0.686. The van der Waals surface area contributed by atoms with Gasteiger partial charge in [-0.15, -0.1) is 0 Å². The summed E-state index contributed by atoms with van der Waals surface area (Å²) in [4.78, 5) is 22.0. The first-order valence-electron chi connectivity index (χ1n) is 8.55. The first kappa shape index (κ1) is 15.5. The summed E-state index contributed by atoms with van der Waals surface area (Å²) >= 11 is 0. The molecule has 5 heteroatoms. The zero-order chi connectivity index (χ0) is 17.4. The maximum absolute atomic E-state index is 12.8. The number of fused-ring (bicyclic) bond motifs is 2. The second kappa shape index (κ2) is 6.14. The van der Waals surface area contributed by atoms with Crippen molar-refractivity contribution in [2.75, 3.05) is 0 Å². The molecule has 1 aliphatic rings. The van der Waals surface area contributed by atoms with Gasteiger partial charge in [-0.1, -0.05) is 13.0 Å². The van der Waals surface area contributed by atoms with Crippen LogP contribution in [0.15, 0.2) is 41.3 Å². The highest BCUT2D eigenvalue weighted by Gasteiger charge is 2.17. The molecule has 25 heavy (non-hydrogen) atoms. The van der Waals surface area contributed by atoms with Crippen LogP contribution in [0.4, 0.5) is 0 Å². The number of aromatic nitrogens is 3. The monoisotopic (exact) mass is 330 g/mol. The Morgan fingerprint density at radius 3 is 2.96 bits per heavy atom. The van der Waals surface area contributed by atoms with E-state index in [1.807, 2.05) is 22.8 Å². The fourth-order valence-corrected chi connectivity index (χ4v) is 3.38. The predicted molar refractivity (Wildman–Crippen MR) is 96.1 cm³/mol. The Kier molecular flexibility index (Phi) is 3.81. The van der Waals surface area contributed by atoms with Crippen LogP contribution in [0.3, 0.4) is 0 Å². The van der Waals surface area contributed by atoms with Crippen molar-refractivity contribution in [1.29, 1.82) is 5.26 Å². The Balaban J connectivity index is 1.87. The summed E-state index contributed by atoms with van der Waals surface area (Å²) in [5, 5.41) is 9.70. The zero-order valence-corrected chi connectivity index (χ0v) is 14.1. The minimum Gasteiger partial charge on any atom is -0.296 e. The molecule has 0 aliphatic carbocycles. The minimum atomic E-state index is 0.0411. The molecular formula is C20H18N4O. The topological polar surface area (TPSA) is 71.6 Å². The van der Waals surface area contributed by atoms with Crippen molar-refractivity contribution < 1.29 is 0 Å². The molecule has 5 nitrogen and oxygen atoms in total. The van der Waals surface area contributed by atoms with Gasteiger partial charge in [0, 0.05) is 24.7 Å². The number of benzene rings is 1. The Morgan fingerprint density at radius 2 is 2.12 bits per heavy atom. The molecular weight excluding hydrogens is 312 g/mol. The normalized spacial score (nSPS) is 16.9. The number of hydrogen-bond acceptors (Lipinski definition) is 4.